The van der Waals surface area contributed by atoms with E-state index in [0.717, 1.165) is 128 Å². The van der Waals surface area contributed by atoms with Crippen LogP contribution in [-0.2, 0) is 28.6 Å². The highest BCUT2D eigenvalue weighted by molar-refractivity contribution is 5.71. The highest BCUT2D eigenvalue weighted by Crippen LogP contribution is 2.16. The molecule has 0 aliphatic heterocycles. The molecule has 6 nitrogen and oxygen atoms in total. The van der Waals surface area contributed by atoms with Gasteiger partial charge in [-0.2, -0.15) is 0 Å². The van der Waals surface area contributed by atoms with Crippen LogP contribution in [0.4, 0.5) is 0 Å². The van der Waals surface area contributed by atoms with Crippen molar-refractivity contribution in [2.24, 2.45) is 0 Å². The molecule has 0 aliphatic rings. The molecule has 0 rings (SSSR count). The van der Waals surface area contributed by atoms with Crippen LogP contribution >= 0.6 is 0 Å². The zero-order valence-electron chi connectivity index (χ0n) is 50.2. The predicted octanol–water partition coefficient (Wildman–Crippen LogP) is 22.0. The van der Waals surface area contributed by atoms with Crippen LogP contribution in [0.5, 0.6) is 0 Å². The van der Waals surface area contributed by atoms with E-state index in [1.165, 1.54) is 122 Å². The van der Waals surface area contributed by atoms with E-state index in [2.05, 4.69) is 142 Å². The van der Waals surface area contributed by atoms with E-state index < -0.39 is 6.10 Å². The van der Waals surface area contributed by atoms with Crippen molar-refractivity contribution in [3.63, 3.8) is 0 Å². The van der Waals surface area contributed by atoms with Gasteiger partial charge in [-0.1, -0.05) is 284 Å². The molecule has 0 aromatic rings. The first-order chi connectivity index (χ1) is 38.0. The van der Waals surface area contributed by atoms with E-state index in [4.69, 9.17) is 14.2 Å². The molecule has 0 heterocycles. The van der Waals surface area contributed by atoms with Gasteiger partial charge in [-0.05, 0) is 109 Å². The quantitative estimate of drug-likeness (QED) is 0.0261. The van der Waals surface area contributed by atoms with Crippen LogP contribution < -0.4 is 0 Å². The third-order valence-electron chi connectivity index (χ3n) is 13.5. The molecule has 0 bridgehead atoms. The molecule has 0 aromatic carbocycles. The summed E-state index contributed by atoms with van der Waals surface area (Å²) >= 11 is 0. The number of allylic oxidation sites excluding steroid dienone is 20. The Morgan fingerprint density at radius 3 is 0.805 bits per heavy atom. The fourth-order valence-electron chi connectivity index (χ4n) is 8.73. The lowest BCUT2D eigenvalue weighted by atomic mass is 10.0. The van der Waals surface area contributed by atoms with E-state index in [1.54, 1.807) is 0 Å². The Kier molecular flexibility index (Phi) is 60.8. The molecule has 0 radical (unpaired) electrons. The minimum absolute atomic E-state index is 0.0918. The average Bonchev–Trinajstić information content (AvgIpc) is 3.43. The van der Waals surface area contributed by atoms with Gasteiger partial charge in [-0.3, -0.25) is 14.4 Å². The molecule has 1 unspecified atom stereocenters. The van der Waals surface area contributed by atoms with Gasteiger partial charge in [0.2, 0.25) is 0 Å². The van der Waals surface area contributed by atoms with Gasteiger partial charge in [-0.25, -0.2) is 0 Å². The second kappa shape index (κ2) is 64.3. The first-order valence-electron chi connectivity index (χ1n) is 32.0. The largest absolute Gasteiger partial charge is 0.462 e. The van der Waals surface area contributed by atoms with Crippen LogP contribution in [0.25, 0.3) is 0 Å². The molecule has 0 aromatic heterocycles. The third kappa shape index (κ3) is 62.5. The number of ether oxygens (including phenoxy) is 3. The van der Waals surface area contributed by atoms with E-state index in [-0.39, 0.29) is 37.5 Å². The number of carbonyl (C=O) groups excluding carboxylic acids is 3. The summed E-state index contributed by atoms with van der Waals surface area (Å²) in [6.45, 7) is 6.40. The van der Waals surface area contributed by atoms with Crippen LogP contribution in [0.3, 0.4) is 0 Å². The molecular weight excluding hydrogens is 949 g/mol. The Morgan fingerprint density at radius 1 is 0.273 bits per heavy atom. The van der Waals surface area contributed by atoms with E-state index in [0.29, 0.717) is 12.8 Å². The van der Waals surface area contributed by atoms with Crippen molar-refractivity contribution in [1.29, 1.82) is 0 Å². The van der Waals surface area contributed by atoms with Gasteiger partial charge < -0.3 is 14.2 Å². The van der Waals surface area contributed by atoms with Crippen LogP contribution in [0.2, 0.25) is 0 Å². The summed E-state index contributed by atoms with van der Waals surface area (Å²) in [5.41, 5.74) is 0. The van der Waals surface area contributed by atoms with Crippen molar-refractivity contribution in [2.75, 3.05) is 13.2 Å². The maximum absolute atomic E-state index is 12.9. The van der Waals surface area contributed by atoms with Gasteiger partial charge in [0, 0.05) is 19.3 Å². The monoisotopic (exact) mass is 1070 g/mol. The standard InChI is InChI=1S/C71H118O6/c1-4-7-10-13-16-19-22-25-27-29-31-32-33-34-35-36-37-38-40-41-43-46-49-52-55-58-61-64-70(73)76-67-68(66-75-69(72)63-60-57-54-51-48-45-24-21-18-15-12-9-6-3)77-71(74)65-62-59-56-53-50-47-44-42-39-30-28-26-23-20-17-14-11-8-5-2/h7-8,10-11,16-17,19-20,25-28,31-32,34-35,39,42,47,50,68H,4-6,9,12-15,18,21-24,29-30,33,36-38,40-41,43-46,48-49,51-67H2,1-3H3/b10-7-,11-8-,19-16-,20-17-,27-25-,28-26-,32-31-,35-34-,42-39-,50-47-. The van der Waals surface area contributed by atoms with Gasteiger partial charge in [0.15, 0.2) is 6.10 Å². The van der Waals surface area contributed by atoms with Crippen molar-refractivity contribution >= 4 is 17.9 Å². The molecule has 0 spiro atoms. The molecule has 1 atom stereocenters. The van der Waals surface area contributed by atoms with E-state index in [1.807, 2.05) is 0 Å². The van der Waals surface area contributed by atoms with Gasteiger partial charge in [0.25, 0.3) is 0 Å². The molecule has 0 aliphatic carbocycles. The number of esters is 3. The molecule has 0 fully saturated rings. The SMILES string of the molecule is CC/C=C\C/C=C\C/C=C\C/C=C\C/C=C\CCCCCCCCCCCCCC(=O)OCC(COC(=O)CCCCCCCCCCCCCCC)OC(=O)CCCCC/C=C\C/C=C\C/C=C\C/C=C\C/C=C\CC. The lowest BCUT2D eigenvalue weighted by Crippen LogP contribution is -2.30. The molecular formula is C71H118O6. The molecule has 6 heteroatoms. The van der Waals surface area contributed by atoms with Crippen molar-refractivity contribution in [1.82, 2.24) is 0 Å². The Labute approximate surface area is 475 Å². The minimum Gasteiger partial charge on any atom is -0.462 e. The topological polar surface area (TPSA) is 78.9 Å². The summed E-state index contributed by atoms with van der Waals surface area (Å²) in [4.78, 5) is 38.3. The van der Waals surface area contributed by atoms with Crippen molar-refractivity contribution < 1.29 is 28.6 Å². The minimum atomic E-state index is -0.799. The summed E-state index contributed by atoms with van der Waals surface area (Å²) in [6, 6.07) is 0. The van der Waals surface area contributed by atoms with Gasteiger partial charge in [0.05, 0.1) is 0 Å². The summed E-state index contributed by atoms with van der Waals surface area (Å²) in [6.07, 6.45) is 89.2. The van der Waals surface area contributed by atoms with Gasteiger partial charge in [0.1, 0.15) is 13.2 Å². The fraction of sp³-hybridized carbons (Fsp3) is 0.676. The average molecular weight is 1070 g/mol. The van der Waals surface area contributed by atoms with Crippen LogP contribution in [0, 0.1) is 0 Å². The van der Waals surface area contributed by atoms with Crippen LogP contribution in [-0.4, -0.2) is 37.2 Å². The predicted molar refractivity (Wildman–Crippen MR) is 334 cm³/mol. The highest BCUT2D eigenvalue weighted by Gasteiger charge is 2.19. The first kappa shape index (κ1) is 72.8. The highest BCUT2D eigenvalue weighted by atomic mass is 16.6. The maximum Gasteiger partial charge on any atom is 0.306 e. The van der Waals surface area contributed by atoms with Crippen LogP contribution in [0.15, 0.2) is 122 Å². The van der Waals surface area contributed by atoms with Gasteiger partial charge in [-0.15, -0.1) is 0 Å². The molecule has 0 saturated heterocycles. The van der Waals surface area contributed by atoms with E-state index in [9.17, 15) is 14.4 Å². The summed E-state index contributed by atoms with van der Waals surface area (Å²) < 4.78 is 16.9. The first-order valence-corrected chi connectivity index (χ1v) is 32.0. The fourth-order valence-corrected chi connectivity index (χ4v) is 8.73. The normalized spacial score (nSPS) is 12.9. The lowest BCUT2D eigenvalue weighted by molar-refractivity contribution is -0.167. The third-order valence-corrected chi connectivity index (χ3v) is 13.5. The zero-order valence-corrected chi connectivity index (χ0v) is 50.2. The Bertz CT molecular complexity index is 1600. The lowest BCUT2D eigenvalue weighted by Gasteiger charge is -2.18. The summed E-state index contributed by atoms with van der Waals surface area (Å²) in [5, 5.41) is 0. The molecule has 77 heavy (non-hydrogen) atoms. The number of hydrogen-bond donors (Lipinski definition) is 0. The molecule has 438 valence electrons. The van der Waals surface area contributed by atoms with Crippen molar-refractivity contribution in [3.05, 3.63) is 122 Å². The Morgan fingerprint density at radius 2 is 0.506 bits per heavy atom. The second-order valence-corrected chi connectivity index (χ2v) is 20.9. The molecule has 0 saturated carbocycles. The van der Waals surface area contributed by atoms with Crippen molar-refractivity contribution in [3.8, 4) is 0 Å². The number of rotatable bonds is 57. The Balaban J connectivity index is 4.36. The maximum atomic E-state index is 12.9. The Hall–Kier alpha value is -4.19. The number of unbranched alkanes of at least 4 members (excludes halogenated alkanes) is 26. The van der Waals surface area contributed by atoms with Crippen LogP contribution in [0.1, 0.15) is 290 Å². The molecule has 0 amide bonds. The summed E-state index contributed by atoms with van der Waals surface area (Å²) in [5.74, 6) is -0.921. The van der Waals surface area contributed by atoms with Gasteiger partial charge >= 0.3 is 17.9 Å². The van der Waals surface area contributed by atoms with E-state index >= 15 is 0 Å². The molecule has 0 N–H and O–H groups in total. The summed E-state index contributed by atoms with van der Waals surface area (Å²) in [7, 11) is 0. The smallest absolute Gasteiger partial charge is 0.306 e. The second-order valence-electron chi connectivity index (χ2n) is 20.9. The van der Waals surface area contributed by atoms with Crippen molar-refractivity contribution in [2.45, 2.75) is 297 Å². The number of carbonyl (C=O) groups is 3. The zero-order chi connectivity index (χ0) is 55.7. The number of hydrogen-bond acceptors (Lipinski definition) is 6.